The van der Waals surface area contributed by atoms with Gasteiger partial charge in [0.2, 0.25) is 5.91 Å². The molecule has 1 aliphatic carbocycles. The molecule has 2 unspecified atom stereocenters. The summed E-state index contributed by atoms with van der Waals surface area (Å²) in [4.78, 5) is 36.8. The van der Waals surface area contributed by atoms with Crippen molar-refractivity contribution >= 4 is 29.7 Å². The van der Waals surface area contributed by atoms with E-state index < -0.39 is 30.1 Å². The van der Waals surface area contributed by atoms with Crippen molar-refractivity contribution in [2.75, 3.05) is 18.6 Å². The average Bonchev–Trinajstić information content (AvgIpc) is 3.12. The molecule has 0 saturated carbocycles. The van der Waals surface area contributed by atoms with Crippen molar-refractivity contribution in [3.8, 4) is 11.1 Å². The van der Waals surface area contributed by atoms with Crippen molar-refractivity contribution in [1.29, 1.82) is 0 Å². The largest absolute Gasteiger partial charge is 0.480 e. The minimum Gasteiger partial charge on any atom is -0.480 e. The van der Waals surface area contributed by atoms with Gasteiger partial charge >= 0.3 is 12.1 Å². The fourth-order valence-corrected chi connectivity index (χ4v) is 4.53. The van der Waals surface area contributed by atoms with E-state index in [-0.39, 0.29) is 18.4 Å². The van der Waals surface area contributed by atoms with Crippen molar-refractivity contribution in [2.45, 2.75) is 38.3 Å². The van der Waals surface area contributed by atoms with Gasteiger partial charge in [0.05, 0.1) is 0 Å². The number of carbonyl (C=O) groups is 3. The zero-order valence-corrected chi connectivity index (χ0v) is 19.9. The van der Waals surface area contributed by atoms with Crippen LogP contribution in [-0.2, 0) is 14.3 Å². The van der Waals surface area contributed by atoms with E-state index in [1.165, 1.54) is 11.8 Å². The molecule has 2 amide bonds. The third kappa shape index (κ3) is 5.87. The summed E-state index contributed by atoms with van der Waals surface area (Å²) in [6.07, 6.45) is 1.47. The minimum absolute atomic E-state index is 0.0857. The molecule has 0 aliphatic heterocycles. The molecular weight excluding hydrogens is 440 g/mol. The van der Waals surface area contributed by atoms with Crippen LogP contribution in [0.4, 0.5) is 4.79 Å². The number of ether oxygens (including phenoxy) is 1. The first-order valence-electron chi connectivity index (χ1n) is 11.0. The highest BCUT2D eigenvalue weighted by molar-refractivity contribution is 7.98. The average molecular weight is 471 g/mol. The predicted octanol–water partition coefficient (Wildman–Crippen LogP) is 3.87. The fraction of sp³-hybridized carbons (Fsp3) is 0.400. The third-order valence-corrected chi connectivity index (χ3v) is 6.44. The van der Waals surface area contributed by atoms with Crippen LogP contribution in [0.15, 0.2) is 48.5 Å². The summed E-state index contributed by atoms with van der Waals surface area (Å²) in [5.41, 5.74) is 4.46. The van der Waals surface area contributed by atoms with Crippen molar-refractivity contribution in [3.63, 3.8) is 0 Å². The first kappa shape index (κ1) is 24.6. The lowest BCUT2D eigenvalue weighted by molar-refractivity contribution is -0.142. The third-order valence-electron chi connectivity index (χ3n) is 5.79. The number of alkyl carbamates (subject to hydrolysis) is 1. The Hall–Kier alpha value is -3.00. The SMILES string of the molecule is CSCCC(NC(=O)C(NC(=O)OCC1c2ccccc2-c2ccccc21)C(C)C)C(=O)O. The molecule has 0 aromatic heterocycles. The summed E-state index contributed by atoms with van der Waals surface area (Å²) in [6, 6.07) is 14.2. The van der Waals surface area contributed by atoms with Crippen LogP contribution in [0, 0.1) is 5.92 Å². The molecular formula is C25H30N2O5S. The molecule has 3 rings (SSSR count). The summed E-state index contributed by atoms with van der Waals surface area (Å²) in [5, 5.41) is 14.5. The number of nitrogens with one attached hydrogen (secondary N) is 2. The van der Waals surface area contributed by atoms with Gasteiger partial charge in [-0.05, 0) is 46.6 Å². The Morgan fingerprint density at radius 2 is 1.58 bits per heavy atom. The van der Waals surface area contributed by atoms with E-state index in [0.717, 1.165) is 22.3 Å². The standard InChI is InChI=1S/C25H30N2O5S/c1-15(2)22(23(28)26-21(24(29)30)12-13-33-3)27-25(31)32-14-20-18-10-6-4-8-16(18)17-9-5-7-11-19(17)20/h4-11,15,20-22H,12-14H2,1-3H3,(H,26,28)(H,27,31)(H,29,30). The number of aliphatic carboxylic acids is 1. The summed E-state index contributed by atoms with van der Waals surface area (Å²) >= 11 is 1.50. The van der Waals surface area contributed by atoms with E-state index in [0.29, 0.717) is 12.2 Å². The second-order valence-electron chi connectivity index (χ2n) is 8.37. The van der Waals surface area contributed by atoms with E-state index >= 15 is 0 Å². The van der Waals surface area contributed by atoms with Crippen molar-refractivity contribution < 1.29 is 24.2 Å². The highest BCUT2D eigenvalue weighted by Crippen LogP contribution is 2.44. The second kappa shape index (κ2) is 11.2. The van der Waals surface area contributed by atoms with Crippen LogP contribution in [0.5, 0.6) is 0 Å². The quantitative estimate of drug-likeness (QED) is 0.487. The Labute approximate surface area is 198 Å². The molecule has 3 N–H and O–H groups in total. The molecule has 0 bridgehead atoms. The molecule has 2 aromatic rings. The smallest absolute Gasteiger partial charge is 0.407 e. The highest BCUT2D eigenvalue weighted by Gasteiger charge is 2.31. The van der Waals surface area contributed by atoms with Gasteiger partial charge in [-0.25, -0.2) is 9.59 Å². The Morgan fingerprint density at radius 3 is 2.09 bits per heavy atom. The number of benzene rings is 2. The van der Waals surface area contributed by atoms with Gasteiger partial charge in [0.25, 0.3) is 0 Å². The van der Waals surface area contributed by atoms with Crippen LogP contribution in [0.1, 0.15) is 37.3 Å². The van der Waals surface area contributed by atoms with Gasteiger partial charge < -0.3 is 20.5 Å². The Morgan fingerprint density at radius 1 is 1.00 bits per heavy atom. The molecule has 0 spiro atoms. The van der Waals surface area contributed by atoms with E-state index in [4.69, 9.17) is 4.74 Å². The maximum atomic E-state index is 12.7. The zero-order chi connectivity index (χ0) is 24.0. The summed E-state index contributed by atoms with van der Waals surface area (Å²) in [5.74, 6) is -1.37. The van der Waals surface area contributed by atoms with Gasteiger partial charge in [-0.3, -0.25) is 4.79 Å². The number of carbonyl (C=O) groups excluding carboxylic acids is 2. The minimum atomic E-state index is -1.10. The van der Waals surface area contributed by atoms with Crippen LogP contribution in [0.2, 0.25) is 0 Å². The van der Waals surface area contributed by atoms with Gasteiger partial charge in [0.1, 0.15) is 18.7 Å². The molecule has 0 heterocycles. The van der Waals surface area contributed by atoms with Crippen molar-refractivity contribution in [1.82, 2.24) is 10.6 Å². The Balaban J connectivity index is 1.64. The summed E-state index contributed by atoms with van der Waals surface area (Å²) in [7, 11) is 0. The lowest BCUT2D eigenvalue weighted by atomic mass is 9.98. The molecule has 176 valence electrons. The number of hydrogen-bond acceptors (Lipinski definition) is 5. The highest BCUT2D eigenvalue weighted by atomic mass is 32.2. The molecule has 8 heteroatoms. The molecule has 0 radical (unpaired) electrons. The molecule has 2 atom stereocenters. The van der Waals surface area contributed by atoms with Gasteiger partial charge in [-0.2, -0.15) is 11.8 Å². The monoisotopic (exact) mass is 470 g/mol. The first-order chi connectivity index (χ1) is 15.8. The van der Waals surface area contributed by atoms with Gasteiger partial charge in [0.15, 0.2) is 0 Å². The number of carboxylic acids is 1. The van der Waals surface area contributed by atoms with Crippen molar-refractivity contribution in [2.24, 2.45) is 5.92 Å². The number of thioether (sulfide) groups is 1. The summed E-state index contributed by atoms with van der Waals surface area (Å²) < 4.78 is 5.54. The second-order valence-corrected chi connectivity index (χ2v) is 9.36. The van der Waals surface area contributed by atoms with E-state index in [1.54, 1.807) is 13.8 Å². The van der Waals surface area contributed by atoms with Crippen LogP contribution in [0.25, 0.3) is 11.1 Å². The summed E-state index contributed by atoms with van der Waals surface area (Å²) in [6.45, 7) is 3.70. The maximum Gasteiger partial charge on any atom is 0.407 e. The van der Waals surface area contributed by atoms with E-state index in [1.807, 2.05) is 42.7 Å². The Kier molecular flexibility index (Phi) is 8.38. The van der Waals surface area contributed by atoms with Crippen LogP contribution < -0.4 is 10.6 Å². The lowest BCUT2D eigenvalue weighted by Gasteiger charge is -2.24. The van der Waals surface area contributed by atoms with Crippen LogP contribution in [0.3, 0.4) is 0 Å². The van der Waals surface area contributed by atoms with Crippen LogP contribution in [-0.4, -0.2) is 53.8 Å². The molecule has 2 aromatic carbocycles. The zero-order valence-electron chi connectivity index (χ0n) is 19.0. The lowest BCUT2D eigenvalue weighted by Crippen LogP contribution is -2.54. The maximum absolute atomic E-state index is 12.7. The number of carboxylic acid groups (broad SMARTS) is 1. The number of rotatable bonds is 10. The van der Waals surface area contributed by atoms with E-state index in [9.17, 15) is 19.5 Å². The molecule has 33 heavy (non-hydrogen) atoms. The van der Waals surface area contributed by atoms with Gasteiger partial charge in [0, 0.05) is 5.92 Å². The van der Waals surface area contributed by atoms with Crippen molar-refractivity contribution in [3.05, 3.63) is 59.7 Å². The predicted molar refractivity (Wildman–Crippen MR) is 129 cm³/mol. The molecule has 0 fully saturated rings. The van der Waals surface area contributed by atoms with Gasteiger partial charge in [-0.15, -0.1) is 0 Å². The molecule has 0 saturated heterocycles. The number of amides is 2. The number of fused-ring (bicyclic) bond motifs is 3. The fourth-order valence-electron chi connectivity index (χ4n) is 4.06. The first-order valence-corrected chi connectivity index (χ1v) is 12.4. The molecule has 7 nitrogen and oxygen atoms in total. The molecule has 1 aliphatic rings. The Bertz CT molecular complexity index is 964. The van der Waals surface area contributed by atoms with Crippen LogP contribution >= 0.6 is 11.8 Å². The normalized spacial score (nSPS) is 14.2. The topological polar surface area (TPSA) is 105 Å². The number of hydrogen-bond donors (Lipinski definition) is 3. The van der Waals surface area contributed by atoms with Gasteiger partial charge in [-0.1, -0.05) is 62.4 Å². The van der Waals surface area contributed by atoms with E-state index in [2.05, 4.69) is 22.8 Å².